The molecule has 0 unspecified atom stereocenters. The van der Waals surface area contributed by atoms with Crippen LogP contribution in [0.15, 0.2) is 47.4 Å². The van der Waals surface area contributed by atoms with Crippen molar-refractivity contribution in [2.45, 2.75) is 57.0 Å². The molecule has 1 heterocycles. The maximum absolute atomic E-state index is 13.2. The third-order valence-electron chi connectivity index (χ3n) is 5.58. The van der Waals surface area contributed by atoms with Crippen molar-refractivity contribution in [3.05, 3.63) is 48.0 Å². The number of carbonyl (C=O) groups is 1. The third-order valence-corrected chi connectivity index (χ3v) is 7.50. The zero-order valence-electron chi connectivity index (χ0n) is 19.1. The molecule has 1 atom stereocenters. The fourth-order valence-electron chi connectivity index (χ4n) is 3.75. The molecular formula is C24H32N2O5S. The number of nitrogens with zero attached hydrogens (tertiary/aromatic N) is 1. The van der Waals surface area contributed by atoms with E-state index in [0.717, 1.165) is 24.8 Å². The molecule has 1 amide bonds. The lowest BCUT2D eigenvalue weighted by molar-refractivity contribution is -0.122. The molecule has 1 aliphatic rings. The van der Waals surface area contributed by atoms with Gasteiger partial charge in [-0.1, -0.05) is 38.5 Å². The molecule has 2 aromatic rings. The van der Waals surface area contributed by atoms with Crippen molar-refractivity contribution in [1.29, 1.82) is 0 Å². The summed E-state index contributed by atoms with van der Waals surface area (Å²) in [5.41, 5.74) is 1.39. The van der Waals surface area contributed by atoms with Crippen LogP contribution in [-0.2, 0) is 14.8 Å². The Kier molecular flexibility index (Phi) is 7.79. The number of methoxy groups -OCH3 is 1. The lowest BCUT2D eigenvalue weighted by atomic mass is 10.0. The van der Waals surface area contributed by atoms with Crippen LogP contribution in [-0.4, -0.2) is 44.9 Å². The molecule has 0 radical (unpaired) electrons. The molecule has 7 nitrogen and oxygen atoms in total. The highest BCUT2D eigenvalue weighted by molar-refractivity contribution is 7.89. The number of benzene rings is 2. The molecule has 1 saturated heterocycles. The van der Waals surface area contributed by atoms with Gasteiger partial charge in [0.1, 0.15) is 16.4 Å². The molecule has 3 rings (SSSR count). The van der Waals surface area contributed by atoms with Crippen LogP contribution in [0.5, 0.6) is 11.5 Å². The van der Waals surface area contributed by atoms with Gasteiger partial charge in [0, 0.05) is 18.8 Å². The predicted molar refractivity (Wildman–Crippen MR) is 125 cm³/mol. The number of anilines is 1. The van der Waals surface area contributed by atoms with E-state index in [0.29, 0.717) is 24.5 Å². The number of nitrogens with one attached hydrogen (secondary N) is 1. The molecule has 0 aromatic heterocycles. The van der Waals surface area contributed by atoms with Crippen molar-refractivity contribution in [3.8, 4) is 11.5 Å². The second-order valence-electron chi connectivity index (χ2n) is 8.27. The number of carbonyl (C=O) groups excluding carboxylic acids is 1. The van der Waals surface area contributed by atoms with E-state index in [2.05, 4.69) is 19.2 Å². The minimum atomic E-state index is -3.72. The summed E-state index contributed by atoms with van der Waals surface area (Å²) < 4.78 is 39.1. The highest BCUT2D eigenvalue weighted by atomic mass is 32.2. The number of piperidine rings is 1. The summed E-state index contributed by atoms with van der Waals surface area (Å²) in [7, 11) is -2.29. The van der Waals surface area contributed by atoms with Crippen LogP contribution in [0.3, 0.4) is 0 Å². The van der Waals surface area contributed by atoms with Crippen molar-refractivity contribution in [3.63, 3.8) is 0 Å². The molecule has 1 N–H and O–H groups in total. The molecule has 2 aromatic carbocycles. The summed E-state index contributed by atoms with van der Waals surface area (Å²) in [5.74, 6) is 0.803. The van der Waals surface area contributed by atoms with E-state index in [4.69, 9.17) is 9.47 Å². The van der Waals surface area contributed by atoms with Gasteiger partial charge in [0.05, 0.1) is 7.11 Å². The van der Waals surface area contributed by atoms with E-state index in [-0.39, 0.29) is 22.5 Å². The van der Waals surface area contributed by atoms with E-state index >= 15 is 0 Å². The maximum atomic E-state index is 13.2. The first kappa shape index (κ1) is 24.1. The van der Waals surface area contributed by atoms with Crippen LogP contribution in [0.4, 0.5) is 5.69 Å². The normalized spacial score (nSPS) is 15.9. The molecule has 0 saturated carbocycles. The van der Waals surface area contributed by atoms with Crippen LogP contribution in [0.25, 0.3) is 0 Å². The van der Waals surface area contributed by atoms with Gasteiger partial charge >= 0.3 is 0 Å². The first-order valence-corrected chi connectivity index (χ1v) is 12.4. The van der Waals surface area contributed by atoms with Gasteiger partial charge < -0.3 is 14.8 Å². The molecule has 0 aliphatic carbocycles. The summed E-state index contributed by atoms with van der Waals surface area (Å²) in [5, 5.41) is 2.77. The minimum absolute atomic E-state index is 0.0541. The van der Waals surface area contributed by atoms with Crippen LogP contribution >= 0.6 is 0 Å². The Bertz CT molecular complexity index is 1050. The third kappa shape index (κ3) is 5.42. The SMILES string of the molecule is COc1ccc(NC(=O)[C@@H](C)Oc2ccccc2C(C)C)cc1S(=O)(=O)N1CCCCC1. The second kappa shape index (κ2) is 10.4. The number of ether oxygens (including phenoxy) is 2. The lowest BCUT2D eigenvalue weighted by Gasteiger charge is -2.26. The highest BCUT2D eigenvalue weighted by Gasteiger charge is 2.29. The summed E-state index contributed by atoms with van der Waals surface area (Å²) >= 11 is 0. The fourth-order valence-corrected chi connectivity index (χ4v) is 5.45. The molecule has 1 aliphatic heterocycles. The van der Waals surface area contributed by atoms with Crippen molar-refractivity contribution in [1.82, 2.24) is 4.31 Å². The largest absolute Gasteiger partial charge is 0.495 e. The van der Waals surface area contributed by atoms with Crippen molar-refractivity contribution in [2.75, 3.05) is 25.5 Å². The Morgan fingerprint density at radius 1 is 1.00 bits per heavy atom. The zero-order chi connectivity index (χ0) is 23.3. The predicted octanol–water partition coefficient (Wildman–Crippen LogP) is 4.40. The van der Waals surface area contributed by atoms with Crippen LogP contribution in [0.1, 0.15) is 51.5 Å². The van der Waals surface area contributed by atoms with E-state index < -0.39 is 16.1 Å². The number of sulfonamides is 1. The van der Waals surface area contributed by atoms with Crippen LogP contribution in [0, 0.1) is 0 Å². The van der Waals surface area contributed by atoms with Crippen molar-refractivity contribution >= 4 is 21.6 Å². The number of para-hydroxylation sites is 1. The molecule has 32 heavy (non-hydrogen) atoms. The van der Waals surface area contributed by atoms with Gasteiger partial charge in [-0.2, -0.15) is 4.31 Å². The smallest absolute Gasteiger partial charge is 0.265 e. The molecule has 1 fully saturated rings. The van der Waals surface area contributed by atoms with E-state index in [1.807, 2.05) is 24.3 Å². The maximum Gasteiger partial charge on any atom is 0.265 e. The van der Waals surface area contributed by atoms with Crippen LogP contribution in [0.2, 0.25) is 0 Å². The van der Waals surface area contributed by atoms with Gasteiger partial charge in [0.15, 0.2) is 6.10 Å². The minimum Gasteiger partial charge on any atom is -0.495 e. The first-order valence-electron chi connectivity index (χ1n) is 11.0. The van der Waals surface area contributed by atoms with Gasteiger partial charge in [-0.25, -0.2) is 8.42 Å². The number of hydrogen-bond donors (Lipinski definition) is 1. The summed E-state index contributed by atoms with van der Waals surface area (Å²) in [6.07, 6.45) is 1.94. The zero-order valence-corrected chi connectivity index (χ0v) is 19.9. The summed E-state index contributed by atoms with van der Waals surface area (Å²) in [4.78, 5) is 12.8. The van der Waals surface area contributed by atoms with Gasteiger partial charge in [0.25, 0.3) is 5.91 Å². The van der Waals surface area contributed by atoms with Crippen molar-refractivity contribution in [2.24, 2.45) is 0 Å². The van der Waals surface area contributed by atoms with Gasteiger partial charge in [-0.05, 0) is 55.5 Å². The van der Waals surface area contributed by atoms with E-state index in [1.54, 1.807) is 19.1 Å². The van der Waals surface area contributed by atoms with E-state index in [1.165, 1.54) is 17.5 Å². The monoisotopic (exact) mass is 460 g/mol. The summed E-state index contributed by atoms with van der Waals surface area (Å²) in [6, 6.07) is 12.3. The van der Waals surface area contributed by atoms with Gasteiger partial charge in [0.2, 0.25) is 10.0 Å². The standard InChI is InChI=1S/C24H32N2O5S/c1-17(2)20-10-6-7-11-21(20)31-18(3)24(27)25-19-12-13-22(30-4)23(16-19)32(28,29)26-14-8-5-9-15-26/h6-7,10-13,16-18H,5,8-9,14-15H2,1-4H3,(H,25,27)/t18-/m1/s1. The average Bonchev–Trinajstić information content (AvgIpc) is 2.79. The molecule has 8 heteroatoms. The molecular weight excluding hydrogens is 428 g/mol. The lowest BCUT2D eigenvalue weighted by Crippen LogP contribution is -2.36. The van der Waals surface area contributed by atoms with Crippen LogP contribution < -0.4 is 14.8 Å². The van der Waals surface area contributed by atoms with Gasteiger partial charge in [-0.3, -0.25) is 4.79 Å². The quantitative estimate of drug-likeness (QED) is 0.631. The Morgan fingerprint density at radius 3 is 2.34 bits per heavy atom. The Hall–Kier alpha value is -2.58. The molecule has 174 valence electrons. The fraction of sp³-hybridized carbons (Fsp3) is 0.458. The average molecular weight is 461 g/mol. The Morgan fingerprint density at radius 2 is 1.69 bits per heavy atom. The van der Waals surface area contributed by atoms with Crippen molar-refractivity contribution < 1.29 is 22.7 Å². The van der Waals surface area contributed by atoms with E-state index in [9.17, 15) is 13.2 Å². The van der Waals surface area contributed by atoms with Gasteiger partial charge in [-0.15, -0.1) is 0 Å². The highest BCUT2D eigenvalue weighted by Crippen LogP contribution is 2.31. The summed E-state index contributed by atoms with van der Waals surface area (Å²) in [6.45, 7) is 6.77. The first-order chi connectivity index (χ1) is 15.2. The number of amides is 1. The second-order valence-corrected chi connectivity index (χ2v) is 10.2. The molecule has 0 spiro atoms. The number of rotatable bonds is 8. The molecule has 0 bridgehead atoms. The Labute approximate surface area is 190 Å². The number of hydrogen-bond acceptors (Lipinski definition) is 5. The topological polar surface area (TPSA) is 84.9 Å². The Balaban J connectivity index is 1.79.